The highest BCUT2D eigenvalue weighted by molar-refractivity contribution is 6.00. The average molecular weight is 366 g/mol. The van der Waals surface area contributed by atoms with Crippen LogP contribution in [-0.2, 0) is 9.53 Å². The van der Waals surface area contributed by atoms with E-state index in [1.165, 1.54) is 12.8 Å². The zero-order chi connectivity index (χ0) is 19.3. The van der Waals surface area contributed by atoms with E-state index >= 15 is 0 Å². The van der Waals surface area contributed by atoms with Gasteiger partial charge in [0.05, 0.1) is 17.7 Å². The molecule has 1 atom stereocenters. The van der Waals surface area contributed by atoms with Crippen LogP contribution in [0.1, 0.15) is 75.6 Å². The van der Waals surface area contributed by atoms with Crippen LogP contribution in [0.5, 0.6) is 0 Å². The van der Waals surface area contributed by atoms with Gasteiger partial charge in [0.25, 0.3) is 0 Å². The lowest BCUT2D eigenvalue weighted by molar-refractivity contribution is -0.119. The third-order valence-corrected chi connectivity index (χ3v) is 6.04. The molecule has 0 unspecified atom stereocenters. The van der Waals surface area contributed by atoms with Crippen LogP contribution in [0, 0.1) is 23.7 Å². The second-order valence-electron chi connectivity index (χ2n) is 8.79. The number of hydrogen-bond donors (Lipinski definition) is 1. The molecule has 142 valence electrons. The van der Waals surface area contributed by atoms with Crippen LogP contribution in [0.15, 0.2) is 29.0 Å². The number of nitrogens with zero attached hydrogens (tertiary/aromatic N) is 3. The van der Waals surface area contributed by atoms with Gasteiger partial charge in [-0.05, 0) is 25.2 Å². The maximum Gasteiger partial charge on any atom is 0.205 e. The Kier molecular flexibility index (Phi) is 4.14. The minimum Gasteiger partial charge on any atom is -0.444 e. The Hall–Kier alpha value is -2.55. The van der Waals surface area contributed by atoms with Crippen LogP contribution in [0.4, 0.5) is 0 Å². The van der Waals surface area contributed by atoms with Crippen molar-refractivity contribution in [3.05, 3.63) is 40.2 Å². The van der Waals surface area contributed by atoms with E-state index in [9.17, 15) is 10.1 Å². The molecule has 1 saturated carbocycles. The van der Waals surface area contributed by atoms with E-state index in [0.717, 1.165) is 24.1 Å². The minimum atomic E-state index is -0.475. The van der Waals surface area contributed by atoms with Crippen LogP contribution in [0.3, 0.4) is 0 Å². The van der Waals surface area contributed by atoms with Crippen molar-refractivity contribution in [2.45, 2.75) is 71.3 Å². The second-order valence-corrected chi connectivity index (χ2v) is 8.79. The lowest BCUT2D eigenvalue weighted by Crippen LogP contribution is -2.33. The first-order valence-electron chi connectivity index (χ1n) is 9.70. The number of aromatic nitrogens is 2. The van der Waals surface area contributed by atoms with Crippen molar-refractivity contribution in [2.75, 3.05) is 0 Å². The molecule has 0 spiro atoms. The zero-order valence-corrected chi connectivity index (χ0v) is 16.2. The molecular formula is C21H26N4O2. The molecule has 0 aromatic carbocycles. The Bertz CT molecular complexity index is 907. The maximum absolute atomic E-state index is 13.0. The monoisotopic (exact) mass is 366 g/mol. The van der Waals surface area contributed by atoms with Gasteiger partial charge in [-0.1, -0.05) is 26.7 Å². The summed E-state index contributed by atoms with van der Waals surface area (Å²) < 4.78 is 7.79. The second kappa shape index (κ2) is 6.26. The van der Waals surface area contributed by atoms with Crippen LogP contribution >= 0.6 is 0 Å². The summed E-state index contributed by atoms with van der Waals surface area (Å²) in [5.74, 6) is 0.294. The summed E-state index contributed by atoms with van der Waals surface area (Å²) in [7, 11) is 0. The van der Waals surface area contributed by atoms with Crippen molar-refractivity contribution in [3.8, 4) is 6.07 Å². The summed E-state index contributed by atoms with van der Waals surface area (Å²) in [6.07, 6.45) is 7.78. The van der Waals surface area contributed by atoms with Gasteiger partial charge in [-0.25, -0.2) is 0 Å². The predicted octanol–water partition coefficient (Wildman–Crippen LogP) is 3.76. The zero-order valence-electron chi connectivity index (χ0n) is 16.2. The quantitative estimate of drug-likeness (QED) is 0.860. The first kappa shape index (κ1) is 17.8. The molecule has 2 N–H and O–H groups in total. The SMILES string of the molecule is Cc1nn(C2CCCC2)cc1[C@H]1C(C#N)=C(N)OC2=C1C(=O)CC(C)(C)C2. The number of allylic oxidation sites excluding steroid dienone is 3. The molecule has 2 heterocycles. The van der Waals surface area contributed by atoms with E-state index in [0.29, 0.717) is 35.8 Å². The van der Waals surface area contributed by atoms with Crippen molar-refractivity contribution >= 4 is 5.78 Å². The van der Waals surface area contributed by atoms with Crippen LogP contribution in [-0.4, -0.2) is 15.6 Å². The fourth-order valence-electron chi connectivity index (χ4n) is 4.73. The van der Waals surface area contributed by atoms with Crippen LogP contribution in [0.25, 0.3) is 0 Å². The summed E-state index contributed by atoms with van der Waals surface area (Å²) in [6.45, 7) is 6.05. The fourth-order valence-corrected chi connectivity index (χ4v) is 4.73. The van der Waals surface area contributed by atoms with E-state index in [2.05, 4.69) is 19.9 Å². The largest absolute Gasteiger partial charge is 0.444 e. The fraction of sp³-hybridized carbons (Fsp3) is 0.571. The number of rotatable bonds is 2. The molecule has 1 aromatic heterocycles. The first-order valence-corrected chi connectivity index (χ1v) is 9.70. The summed E-state index contributed by atoms with van der Waals surface area (Å²) >= 11 is 0. The molecule has 0 bridgehead atoms. The van der Waals surface area contributed by atoms with E-state index in [1.807, 2.05) is 17.8 Å². The number of Topliss-reactive ketones (excluding diaryl/α,β-unsaturated/α-hetero) is 1. The highest BCUT2D eigenvalue weighted by atomic mass is 16.5. The highest BCUT2D eigenvalue weighted by Crippen LogP contribution is 2.48. The Balaban J connectivity index is 1.83. The van der Waals surface area contributed by atoms with Gasteiger partial charge in [-0.3, -0.25) is 9.48 Å². The standard InChI is InChI=1S/C21H26N4O2/c1-12-15(11-25(24-12)13-6-4-5-7-13)18-14(10-22)20(23)27-17-9-21(2,3)8-16(26)19(17)18/h11,13,18H,4-9,23H2,1-3H3/t18-/m1/s1. The topological polar surface area (TPSA) is 93.9 Å². The normalized spacial score (nSPS) is 25.4. The third-order valence-electron chi connectivity index (χ3n) is 6.04. The molecule has 4 rings (SSSR count). The van der Waals surface area contributed by atoms with Gasteiger partial charge in [0.15, 0.2) is 5.78 Å². The molecule has 1 aromatic rings. The van der Waals surface area contributed by atoms with E-state index in [1.54, 1.807) is 0 Å². The number of aryl methyl sites for hydroxylation is 1. The van der Waals surface area contributed by atoms with Gasteiger partial charge in [-0.2, -0.15) is 10.4 Å². The molecule has 1 fully saturated rings. The number of ether oxygens (including phenoxy) is 1. The van der Waals surface area contributed by atoms with Gasteiger partial charge < -0.3 is 10.5 Å². The Labute approximate surface area is 159 Å². The maximum atomic E-state index is 13.0. The minimum absolute atomic E-state index is 0.0412. The number of carbonyl (C=O) groups excluding carboxylic acids is 1. The van der Waals surface area contributed by atoms with E-state index < -0.39 is 5.92 Å². The average Bonchev–Trinajstić information content (AvgIpc) is 3.21. The van der Waals surface area contributed by atoms with Gasteiger partial charge in [0.1, 0.15) is 17.4 Å². The van der Waals surface area contributed by atoms with Crippen molar-refractivity contribution < 1.29 is 9.53 Å². The van der Waals surface area contributed by atoms with Gasteiger partial charge >= 0.3 is 0 Å². The third kappa shape index (κ3) is 2.95. The van der Waals surface area contributed by atoms with Crippen molar-refractivity contribution in [3.63, 3.8) is 0 Å². The van der Waals surface area contributed by atoms with E-state index in [4.69, 9.17) is 15.6 Å². The summed E-state index contributed by atoms with van der Waals surface area (Å²) in [5, 5.41) is 14.5. The molecule has 6 heteroatoms. The summed E-state index contributed by atoms with van der Waals surface area (Å²) in [4.78, 5) is 13.0. The molecule has 0 radical (unpaired) electrons. The number of nitrogens with two attached hydrogens (primary N) is 1. The van der Waals surface area contributed by atoms with Crippen LogP contribution in [0.2, 0.25) is 0 Å². The number of hydrogen-bond acceptors (Lipinski definition) is 5. The summed E-state index contributed by atoms with van der Waals surface area (Å²) in [5.41, 5.74) is 8.57. The van der Waals surface area contributed by atoms with Gasteiger partial charge in [-0.15, -0.1) is 0 Å². The molecule has 1 aliphatic heterocycles. The van der Waals surface area contributed by atoms with E-state index in [-0.39, 0.29) is 17.1 Å². The predicted molar refractivity (Wildman–Crippen MR) is 100 cm³/mol. The Morgan fingerprint density at radius 2 is 2.04 bits per heavy atom. The molecule has 27 heavy (non-hydrogen) atoms. The molecule has 6 nitrogen and oxygen atoms in total. The molecule has 3 aliphatic rings. The molecule has 0 amide bonds. The molecular weight excluding hydrogens is 340 g/mol. The van der Waals surface area contributed by atoms with Gasteiger partial charge in [0, 0.05) is 30.2 Å². The van der Waals surface area contributed by atoms with Crippen molar-refractivity contribution in [1.82, 2.24) is 9.78 Å². The van der Waals surface area contributed by atoms with Crippen LogP contribution < -0.4 is 5.73 Å². The summed E-state index contributed by atoms with van der Waals surface area (Å²) in [6, 6.07) is 2.59. The lowest BCUT2D eigenvalue weighted by atomic mass is 9.70. The smallest absolute Gasteiger partial charge is 0.205 e. The molecule has 2 aliphatic carbocycles. The lowest BCUT2D eigenvalue weighted by Gasteiger charge is -2.37. The number of ketones is 1. The Morgan fingerprint density at radius 3 is 2.70 bits per heavy atom. The van der Waals surface area contributed by atoms with Crippen molar-refractivity contribution in [2.24, 2.45) is 11.1 Å². The number of carbonyl (C=O) groups is 1. The Morgan fingerprint density at radius 1 is 1.33 bits per heavy atom. The van der Waals surface area contributed by atoms with Gasteiger partial charge in [0.2, 0.25) is 5.88 Å². The highest BCUT2D eigenvalue weighted by Gasteiger charge is 2.44. The first-order chi connectivity index (χ1) is 12.8. The number of nitriles is 1. The molecule has 0 saturated heterocycles. The van der Waals surface area contributed by atoms with Crippen molar-refractivity contribution in [1.29, 1.82) is 5.26 Å².